The van der Waals surface area contributed by atoms with E-state index in [2.05, 4.69) is 20.6 Å². The maximum Gasteiger partial charge on any atom is 0.254 e. The molecule has 8 nitrogen and oxygen atoms in total. The SMILES string of the molecule is CC(=O)Nc1ccccc1C(=O)N[C@H](Cc1cnc2ccccc2n1)C(N)=O. The zero-order valence-corrected chi connectivity index (χ0v) is 15.2. The van der Waals surface area contributed by atoms with E-state index < -0.39 is 17.9 Å². The molecule has 0 aliphatic heterocycles. The van der Waals surface area contributed by atoms with Gasteiger partial charge in [0.05, 0.1) is 28.0 Å². The van der Waals surface area contributed by atoms with Gasteiger partial charge in [0.25, 0.3) is 5.91 Å². The van der Waals surface area contributed by atoms with Gasteiger partial charge in [-0.3, -0.25) is 19.4 Å². The molecule has 1 heterocycles. The molecule has 0 aliphatic carbocycles. The van der Waals surface area contributed by atoms with Crippen molar-refractivity contribution in [1.29, 1.82) is 0 Å². The fourth-order valence-corrected chi connectivity index (χ4v) is 2.74. The topological polar surface area (TPSA) is 127 Å². The van der Waals surface area contributed by atoms with Gasteiger partial charge in [-0.2, -0.15) is 0 Å². The Hall–Kier alpha value is -3.81. The lowest BCUT2D eigenvalue weighted by atomic mass is 10.1. The summed E-state index contributed by atoms with van der Waals surface area (Å²) < 4.78 is 0. The molecule has 28 heavy (non-hydrogen) atoms. The van der Waals surface area contributed by atoms with Gasteiger partial charge in [-0.15, -0.1) is 0 Å². The molecule has 0 radical (unpaired) electrons. The monoisotopic (exact) mass is 377 g/mol. The van der Waals surface area contributed by atoms with Gasteiger partial charge in [0.1, 0.15) is 6.04 Å². The van der Waals surface area contributed by atoms with Crippen molar-refractivity contribution in [2.75, 3.05) is 5.32 Å². The normalized spacial score (nSPS) is 11.6. The Morgan fingerprint density at radius 2 is 1.71 bits per heavy atom. The molecule has 1 atom stereocenters. The van der Waals surface area contributed by atoms with Crippen molar-refractivity contribution in [3.8, 4) is 0 Å². The first-order chi connectivity index (χ1) is 13.4. The van der Waals surface area contributed by atoms with E-state index in [-0.39, 0.29) is 17.9 Å². The Labute approximate surface area is 161 Å². The van der Waals surface area contributed by atoms with Crippen LogP contribution in [0.2, 0.25) is 0 Å². The number of amides is 3. The molecular formula is C20H19N5O3. The van der Waals surface area contributed by atoms with E-state index in [0.29, 0.717) is 16.9 Å². The van der Waals surface area contributed by atoms with E-state index >= 15 is 0 Å². The Bertz CT molecular complexity index is 1050. The van der Waals surface area contributed by atoms with E-state index in [1.54, 1.807) is 30.5 Å². The first-order valence-corrected chi connectivity index (χ1v) is 8.61. The smallest absolute Gasteiger partial charge is 0.254 e. The van der Waals surface area contributed by atoms with Gasteiger partial charge in [0, 0.05) is 19.5 Å². The summed E-state index contributed by atoms with van der Waals surface area (Å²) in [6.45, 7) is 1.35. The molecule has 0 fully saturated rings. The van der Waals surface area contributed by atoms with Gasteiger partial charge in [0.15, 0.2) is 0 Å². The average molecular weight is 377 g/mol. The van der Waals surface area contributed by atoms with Crippen molar-refractivity contribution in [2.24, 2.45) is 5.73 Å². The van der Waals surface area contributed by atoms with Crippen LogP contribution >= 0.6 is 0 Å². The van der Waals surface area contributed by atoms with Gasteiger partial charge in [-0.25, -0.2) is 4.98 Å². The highest BCUT2D eigenvalue weighted by Gasteiger charge is 2.22. The molecule has 0 saturated heterocycles. The highest BCUT2D eigenvalue weighted by atomic mass is 16.2. The standard InChI is InChI=1S/C20H19N5O3/c1-12(26)23-15-7-3-2-6-14(15)20(28)25-18(19(21)27)10-13-11-22-16-8-4-5-9-17(16)24-13/h2-9,11,18H,10H2,1H3,(H2,21,27)(H,23,26)(H,25,28)/t18-/m1/s1. The van der Waals surface area contributed by atoms with Crippen molar-refractivity contribution in [1.82, 2.24) is 15.3 Å². The molecule has 1 aromatic heterocycles. The molecule has 3 rings (SSSR count). The fraction of sp³-hybridized carbons (Fsp3) is 0.150. The zero-order chi connectivity index (χ0) is 20.1. The first-order valence-electron chi connectivity index (χ1n) is 8.61. The number of primary amides is 1. The number of carbonyl (C=O) groups excluding carboxylic acids is 3. The minimum atomic E-state index is -0.978. The molecule has 0 saturated carbocycles. The van der Waals surface area contributed by atoms with Gasteiger partial charge in [-0.1, -0.05) is 24.3 Å². The number of nitrogens with two attached hydrogens (primary N) is 1. The number of nitrogens with one attached hydrogen (secondary N) is 2. The molecule has 0 unspecified atom stereocenters. The Morgan fingerprint density at radius 1 is 1.04 bits per heavy atom. The number of nitrogens with zero attached hydrogens (tertiary/aromatic N) is 2. The molecule has 3 amide bonds. The molecule has 0 spiro atoms. The van der Waals surface area contributed by atoms with Crippen LogP contribution < -0.4 is 16.4 Å². The zero-order valence-electron chi connectivity index (χ0n) is 15.2. The molecule has 0 aliphatic rings. The average Bonchev–Trinajstić information content (AvgIpc) is 2.67. The Morgan fingerprint density at radius 3 is 2.43 bits per heavy atom. The van der Waals surface area contributed by atoms with Crippen LogP contribution in [0, 0.1) is 0 Å². The van der Waals surface area contributed by atoms with E-state index in [0.717, 1.165) is 5.52 Å². The third-order valence-electron chi connectivity index (χ3n) is 4.04. The van der Waals surface area contributed by atoms with Gasteiger partial charge >= 0.3 is 0 Å². The van der Waals surface area contributed by atoms with Crippen molar-refractivity contribution in [2.45, 2.75) is 19.4 Å². The molecular weight excluding hydrogens is 358 g/mol. The number of fused-ring (bicyclic) bond motifs is 1. The molecule has 8 heteroatoms. The second-order valence-electron chi connectivity index (χ2n) is 6.21. The van der Waals surface area contributed by atoms with Crippen LogP contribution in [0.15, 0.2) is 54.7 Å². The second-order valence-corrected chi connectivity index (χ2v) is 6.21. The van der Waals surface area contributed by atoms with E-state index in [4.69, 9.17) is 5.73 Å². The van der Waals surface area contributed by atoms with Gasteiger partial charge in [-0.05, 0) is 24.3 Å². The van der Waals surface area contributed by atoms with Crippen LogP contribution in [-0.4, -0.2) is 33.7 Å². The number of benzene rings is 2. The van der Waals surface area contributed by atoms with Crippen molar-refractivity contribution in [3.63, 3.8) is 0 Å². The highest BCUT2D eigenvalue weighted by molar-refractivity contribution is 6.04. The molecule has 3 aromatic rings. The van der Waals surface area contributed by atoms with E-state index in [1.807, 2.05) is 24.3 Å². The summed E-state index contributed by atoms with van der Waals surface area (Å²) in [5.41, 5.74) is 7.99. The largest absolute Gasteiger partial charge is 0.368 e. The van der Waals surface area contributed by atoms with Crippen molar-refractivity contribution >= 4 is 34.4 Å². The van der Waals surface area contributed by atoms with Crippen LogP contribution in [0.5, 0.6) is 0 Å². The van der Waals surface area contributed by atoms with E-state index in [1.165, 1.54) is 6.92 Å². The van der Waals surface area contributed by atoms with Gasteiger partial charge < -0.3 is 16.4 Å². The Balaban J connectivity index is 1.80. The molecule has 2 aromatic carbocycles. The number of carbonyl (C=O) groups is 3. The number of hydrogen-bond donors (Lipinski definition) is 3. The summed E-state index contributed by atoms with van der Waals surface area (Å²) in [4.78, 5) is 44.6. The lowest BCUT2D eigenvalue weighted by Crippen LogP contribution is -2.46. The van der Waals surface area contributed by atoms with Crippen LogP contribution in [0.4, 0.5) is 5.69 Å². The minimum absolute atomic E-state index is 0.0984. The number of anilines is 1. The van der Waals surface area contributed by atoms with Crippen LogP contribution in [0.25, 0.3) is 11.0 Å². The minimum Gasteiger partial charge on any atom is -0.368 e. The second kappa shape index (κ2) is 8.26. The number of rotatable bonds is 6. The maximum absolute atomic E-state index is 12.7. The van der Waals surface area contributed by atoms with Crippen molar-refractivity contribution in [3.05, 3.63) is 66.0 Å². The third-order valence-corrected chi connectivity index (χ3v) is 4.04. The summed E-state index contributed by atoms with van der Waals surface area (Å²) in [5.74, 6) is -1.53. The fourth-order valence-electron chi connectivity index (χ4n) is 2.74. The van der Waals surface area contributed by atoms with Crippen LogP contribution in [0.1, 0.15) is 23.0 Å². The maximum atomic E-state index is 12.7. The van der Waals surface area contributed by atoms with Gasteiger partial charge in [0.2, 0.25) is 11.8 Å². The van der Waals surface area contributed by atoms with Crippen molar-refractivity contribution < 1.29 is 14.4 Å². The molecule has 0 bridgehead atoms. The highest BCUT2D eigenvalue weighted by Crippen LogP contribution is 2.16. The quantitative estimate of drug-likeness (QED) is 0.599. The summed E-state index contributed by atoms with van der Waals surface area (Å²) in [5, 5.41) is 5.20. The van der Waals surface area contributed by atoms with E-state index in [9.17, 15) is 14.4 Å². The number of hydrogen-bond acceptors (Lipinski definition) is 5. The van der Waals surface area contributed by atoms with Crippen LogP contribution in [-0.2, 0) is 16.0 Å². The first kappa shape index (κ1) is 19.0. The summed E-state index contributed by atoms with van der Waals surface area (Å²) in [6, 6.07) is 12.9. The number of aromatic nitrogens is 2. The summed E-state index contributed by atoms with van der Waals surface area (Å²) >= 11 is 0. The summed E-state index contributed by atoms with van der Waals surface area (Å²) in [6.07, 6.45) is 1.65. The lowest BCUT2D eigenvalue weighted by molar-refractivity contribution is -0.119. The predicted molar refractivity (Wildman–Crippen MR) is 104 cm³/mol. The molecule has 4 N–H and O–H groups in total. The number of para-hydroxylation sites is 3. The Kier molecular flexibility index (Phi) is 5.59. The lowest BCUT2D eigenvalue weighted by Gasteiger charge is -2.17. The summed E-state index contributed by atoms with van der Waals surface area (Å²) in [7, 11) is 0. The third kappa shape index (κ3) is 4.47. The van der Waals surface area contributed by atoms with Crippen LogP contribution in [0.3, 0.4) is 0 Å². The molecule has 142 valence electrons. The predicted octanol–water partition coefficient (Wildman–Crippen LogP) is 1.41.